The van der Waals surface area contributed by atoms with Crippen LogP contribution in [0.25, 0.3) is 6.08 Å². The van der Waals surface area contributed by atoms with E-state index in [9.17, 15) is 19.7 Å². The number of hydrogen-bond acceptors (Lipinski definition) is 11. The third kappa shape index (κ3) is 6.89. The van der Waals surface area contributed by atoms with Gasteiger partial charge in [0.05, 0.1) is 48.2 Å². The van der Waals surface area contributed by atoms with Crippen molar-refractivity contribution in [3.63, 3.8) is 0 Å². The molecule has 0 spiro atoms. The van der Waals surface area contributed by atoms with Crippen LogP contribution >= 0.6 is 11.3 Å². The Morgan fingerprint density at radius 1 is 0.979 bits per heavy atom. The van der Waals surface area contributed by atoms with Gasteiger partial charge in [0, 0.05) is 17.7 Å². The fourth-order valence-electron chi connectivity index (χ4n) is 5.17. The molecule has 3 aromatic carbocycles. The summed E-state index contributed by atoms with van der Waals surface area (Å²) in [7, 11) is 3.05. The summed E-state index contributed by atoms with van der Waals surface area (Å²) < 4.78 is 30.2. The van der Waals surface area contributed by atoms with Crippen molar-refractivity contribution in [2.24, 2.45) is 4.99 Å². The number of carbonyl (C=O) groups is 1. The van der Waals surface area contributed by atoms with E-state index in [0.717, 1.165) is 5.56 Å². The number of ether oxygens (including phenoxy) is 5. The van der Waals surface area contributed by atoms with Crippen LogP contribution in [-0.4, -0.2) is 42.9 Å². The fraction of sp³-hybridized carbons (Fsp3) is 0.265. The van der Waals surface area contributed by atoms with Gasteiger partial charge in [0.2, 0.25) is 0 Å². The van der Waals surface area contributed by atoms with Crippen LogP contribution in [0.3, 0.4) is 0 Å². The van der Waals surface area contributed by atoms with E-state index in [1.54, 1.807) is 68.5 Å². The Balaban J connectivity index is 1.56. The Labute approximate surface area is 273 Å². The number of thiazole rings is 1. The van der Waals surface area contributed by atoms with Gasteiger partial charge in [-0.3, -0.25) is 19.5 Å². The topological polar surface area (TPSA) is 141 Å². The van der Waals surface area contributed by atoms with Crippen molar-refractivity contribution in [3.05, 3.63) is 118 Å². The number of esters is 1. The fourth-order valence-corrected chi connectivity index (χ4v) is 6.21. The lowest BCUT2D eigenvalue weighted by Crippen LogP contribution is -2.40. The van der Waals surface area contributed by atoms with Gasteiger partial charge in [0.1, 0.15) is 24.1 Å². The number of rotatable bonds is 12. The van der Waals surface area contributed by atoms with E-state index < -0.39 is 16.9 Å². The molecule has 0 fully saturated rings. The molecular weight excluding hydrogens is 626 g/mol. The van der Waals surface area contributed by atoms with Gasteiger partial charge in [-0.2, -0.15) is 0 Å². The SMILES string of the molecule is CCOC(=O)C1=C(C)N=c2s/c(=C\c3ccc(OCc4ccc([N+](=O)[O-])cc4)c(OCC)c3)c(=O)n2[C@H]1c1cc(OC)ccc1OC. The first-order valence-electron chi connectivity index (χ1n) is 14.7. The third-order valence-electron chi connectivity index (χ3n) is 7.36. The molecule has 0 saturated carbocycles. The highest BCUT2D eigenvalue weighted by Crippen LogP contribution is 2.38. The van der Waals surface area contributed by atoms with E-state index in [1.165, 1.54) is 42.3 Å². The normalized spacial score (nSPS) is 14.2. The van der Waals surface area contributed by atoms with Crippen molar-refractivity contribution in [1.29, 1.82) is 0 Å². The first kappa shape index (κ1) is 32.9. The number of allylic oxidation sites excluding steroid dienone is 1. The predicted octanol–water partition coefficient (Wildman–Crippen LogP) is 4.70. The predicted molar refractivity (Wildman–Crippen MR) is 175 cm³/mol. The molecule has 0 unspecified atom stereocenters. The quantitative estimate of drug-likeness (QED) is 0.120. The van der Waals surface area contributed by atoms with Crippen molar-refractivity contribution in [2.75, 3.05) is 27.4 Å². The number of nitro benzene ring substituents is 1. The number of nitro groups is 1. The molecule has 0 saturated heterocycles. The van der Waals surface area contributed by atoms with Crippen LogP contribution < -0.4 is 33.8 Å². The maximum absolute atomic E-state index is 14.1. The number of non-ortho nitro benzene ring substituents is 1. The van der Waals surface area contributed by atoms with Crippen LogP contribution in [0, 0.1) is 10.1 Å². The van der Waals surface area contributed by atoms with Gasteiger partial charge in [0.25, 0.3) is 11.2 Å². The summed E-state index contributed by atoms with van der Waals surface area (Å²) in [6.07, 6.45) is 1.73. The van der Waals surface area contributed by atoms with Crippen LogP contribution in [0.15, 0.2) is 81.7 Å². The lowest BCUT2D eigenvalue weighted by Gasteiger charge is -2.26. The highest BCUT2D eigenvalue weighted by atomic mass is 32.1. The number of fused-ring (bicyclic) bond motifs is 1. The lowest BCUT2D eigenvalue weighted by atomic mass is 9.94. The Kier molecular flexibility index (Phi) is 10.0. The molecule has 0 radical (unpaired) electrons. The Bertz CT molecular complexity index is 2030. The smallest absolute Gasteiger partial charge is 0.338 e. The maximum atomic E-state index is 14.1. The van der Waals surface area contributed by atoms with Gasteiger partial charge in [-0.25, -0.2) is 9.79 Å². The summed E-state index contributed by atoms with van der Waals surface area (Å²) in [6.45, 7) is 5.97. The number of nitrogens with zero attached hydrogens (tertiary/aromatic N) is 3. The second-order valence-electron chi connectivity index (χ2n) is 10.3. The van der Waals surface area contributed by atoms with E-state index in [1.807, 2.05) is 6.92 Å². The van der Waals surface area contributed by atoms with Crippen molar-refractivity contribution < 1.29 is 33.4 Å². The zero-order chi connectivity index (χ0) is 33.7. The minimum Gasteiger partial charge on any atom is -0.497 e. The number of hydrogen-bond donors (Lipinski definition) is 0. The summed E-state index contributed by atoms with van der Waals surface area (Å²) >= 11 is 1.19. The summed E-state index contributed by atoms with van der Waals surface area (Å²) in [4.78, 5) is 43.0. The van der Waals surface area contributed by atoms with E-state index in [4.69, 9.17) is 23.7 Å². The molecule has 244 valence electrons. The van der Waals surface area contributed by atoms with Gasteiger partial charge < -0.3 is 23.7 Å². The number of aromatic nitrogens is 1. The summed E-state index contributed by atoms with van der Waals surface area (Å²) in [6, 6.07) is 15.7. The van der Waals surface area contributed by atoms with Crippen molar-refractivity contribution >= 4 is 29.1 Å². The van der Waals surface area contributed by atoms with Crippen LogP contribution in [0.4, 0.5) is 5.69 Å². The average molecular weight is 660 g/mol. The van der Waals surface area contributed by atoms with Crippen LogP contribution in [-0.2, 0) is 16.1 Å². The molecule has 1 atom stereocenters. The number of methoxy groups -OCH3 is 2. The molecule has 13 heteroatoms. The lowest BCUT2D eigenvalue weighted by molar-refractivity contribution is -0.384. The molecule has 0 aliphatic carbocycles. The molecule has 2 heterocycles. The molecule has 1 aliphatic heterocycles. The monoisotopic (exact) mass is 659 g/mol. The van der Waals surface area contributed by atoms with Crippen LogP contribution in [0.5, 0.6) is 23.0 Å². The van der Waals surface area contributed by atoms with E-state index >= 15 is 0 Å². The Morgan fingerprint density at radius 2 is 1.72 bits per heavy atom. The van der Waals surface area contributed by atoms with Gasteiger partial charge in [0.15, 0.2) is 16.3 Å². The molecule has 0 bridgehead atoms. The second-order valence-corrected chi connectivity index (χ2v) is 11.3. The minimum absolute atomic E-state index is 0.000353. The average Bonchev–Trinajstić information content (AvgIpc) is 3.37. The zero-order valence-electron chi connectivity index (χ0n) is 26.5. The molecule has 0 N–H and O–H groups in total. The highest BCUT2D eigenvalue weighted by molar-refractivity contribution is 7.07. The van der Waals surface area contributed by atoms with Crippen molar-refractivity contribution in [1.82, 2.24) is 4.57 Å². The number of benzene rings is 3. The molecule has 4 aromatic rings. The van der Waals surface area contributed by atoms with Gasteiger partial charge in [-0.05, 0) is 80.4 Å². The van der Waals surface area contributed by atoms with E-state index in [2.05, 4.69) is 4.99 Å². The molecule has 12 nitrogen and oxygen atoms in total. The second kappa shape index (κ2) is 14.3. The first-order valence-corrected chi connectivity index (χ1v) is 15.5. The molecule has 0 amide bonds. The summed E-state index contributed by atoms with van der Waals surface area (Å²) in [5.74, 6) is 1.36. The van der Waals surface area contributed by atoms with Crippen molar-refractivity contribution in [3.8, 4) is 23.0 Å². The molecule has 1 aliphatic rings. The highest BCUT2D eigenvalue weighted by Gasteiger charge is 2.35. The Hall–Kier alpha value is -5.43. The molecule has 47 heavy (non-hydrogen) atoms. The van der Waals surface area contributed by atoms with E-state index in [-0.39, 0.29) is 30.0 Å². The molecular formula is C34H33N3O9S. The van der Waals surface area contributed by atoms with Gasteiger partial charge in [-0.15, -0.1) is 0 Å². The molecule has 5 rings (SSSR count). The van der Waals surface area contributed by atoms with Crippen LogP contribution in [0.1, 0.15) is 43.5 Å². The largest absolute Gasteiger partial charge is 0.497 e. The Morgan fingerprint density at radius 3 is 2.38 bits per heavy atom. The maximum Gasteiger partial charge on any atom is 0.338 e. The summed E-state index contributed by atoms with van der Waals surface area (Å²) in [5, 5.41) is 11.0. The number of carbonyl (C=O) groups excluding carboxylic acids is 1. The van der Waals surface area contributed by atoms with Gasteiger partial charge >= 0.3 is 5.97 Å². The minimum atomic E-state index is -0.883. The van der Waals surface area contributed by atoms with Crippen LogP contribution in [0.2, 0.25) is 0 Å². The standard InChI is InChI=1S/C34H33N3O9S/c1-6-44-28-16-22(10-14-27(28)46-19-21-8-11-23(12-9-21)37(40)41)17-29-32(38)36-31(25-18-24(42-4)13-15-26(25)43-5)30(33(39)45-7-2)20(3)35-34(36)47-29/h8-18,31H,6-7,19H2,1-5H3/b29-17-/t31-/m0/s1. The zero-order valence-corrected chi connectivity index (χ0v) is 27.3. The van der Waals surface area contributed by atoms with Crippen molar-refractivity contribution in [2.45, 2.75) is 33.4 Å². The van der Waals surface area contributed by atoms with E-state index in [0.29, 0.717) is 55.8 Å². The first-order chi connectivity index (χ1) is 22.7. The third-order valence-corrected chi connectivity index (χ3v) is 8.34. The summed E-state index contributed by atoms with van der Waals surface area (Å²) in [5.41, 5.74) is 2.28. The van der Waals surface area contributed by atoms with Gasteiger partial charge in [-0.1, -0.05) is 17.4 Å². The molecule has 1 aromatic heterocycles.